The number of rotatable bonds is 6. The van der Waals surface area contributed by atoms with Crippen LogP contribution in [0.1, 0.15) is 39.2 Å². The lowest BCUT2D eigenvalue weighted by molar-refractivity contribution is 0.242. The van der Waals surface area contributed by atoms with Crippen molar-refractivity contribution >= 4 is 0 Å². The monoisotopic (exact) mass is 233 g/mol. The summed E-state index contributed by atoms with van der Waals surface area (Å²) in [6, 6.07) is 9.16. The Balaban J connectivity index is 1.78. The topological polar surface area (TPSA) is 21.3 Å². The van der Waals surface area contributed by atoms with E-state index < -0.39 is 0 Å². The van der Waals surface area contributed by atoms with Crippen LogP contribution < -0.4 is 10.1 Å². The van der Waals surface area contributed by atoms with Gasteiger partial charge in [-0.15, -0.1) is 0 Å². The van der Waals surface area contributed by atoms with Crippen LogP contribution in [0, 0.1) is 5.92 Å². The molecule has 1 fully saturated rings. The second kappa shape index (κ2) is 5.54. The van der Waals surface area contributed by atoms with Crippen molar-refractivity contribution in [2.45, 2.75) is 52.3 Å². The first kappa shape index (κ1) is 12.4. The van der Waals surface area contributed by atoms with Crippen molar-refractivity contribution in [2.75, 3.05) is 0 Å². The fraction of sp³-hybridized carbons (Fsp3) is 0.600. The predicted octanol–water partition coefficient (Wildman–Crippen LogP) is 3.36. The van der Waals surface area contributed by atoms with E-state index in [1.165, 1.54) is 18.4 Å². The molecule has 0 aromatic heterocycles. The van der Waals surface area contributed by atoms with Crippen molar-refractivity contribution in [3.8, 4) is 5.75 Å². The molecule has 1 N–H and O–H groups in total. The lowest BCUT2D eigenvalue weighted by Gasteiger charge is -2.10. The van der Waals surface area contributed by atoms with Crippen LogP contribution in [0.15, 0.2) is 24.3 Å². The minimum Gasteiger partial charge on any atom is -0.491 e. The van der Waals surface area contributed by atoms with Gasteiger partial charge in [0, 0.05) is 12.6 Å². The fourth-order valence-corrected chi connectivity index (χ4v) is 2.16. The molecule has 0 heterocycles. The normalized spacial score (nSPS) is 22.8. The van der Waals surface area contributed by atoms with Crippen molar-refractivity contribution in [1.29, 1.82) is 0 Å². The largest absolute Gasteiger partial charge is 0.491 e. The number of nitrogens with one attached hydrogen (secondary N) is 1. The van der Waals surface area contributed by atoms with Crippen molar-refractivity contribution in [2.24, 2.45) is 5.92 Å². The SMILES string of the molecule is CCC1CC1NCc1ccc(OC(C)C)cc1. The quantitative estimate of drug-likeness (QED) is 0.813. The zero-order valence-corrected chi connectivity index (χ0v) is 11.1. The number of hydrogen-bond acceptors (Lipinski definition) is 2. The lowest BCUT2D eigenvalue weighted by atomic mass is 10.2. The van der Waals surface area contributed by atoms with Gasteiger partial charge in [0.1, 0.15) is 5.75 Å². The first-order valence-corrected chi connectivity index (χ1v) is 6.68. The number of benzene rings is 1. The van der Waals surface area contributed by atoms with Crippen LogP contribution in [-0.2, 0) is 6.54 Å². The van der Waals surface area contributed by atoms with Gasteiger partial charge in [0.05, 0.1) is 6.10 Å². The first-order chi connectivity index (χ1) is 8.19. The molecule has 2 rings (SSSR count). The fourth-order valence-electron chi connectivity index (χ4n) is 2.16. The molecule has 0 spiro atoms. The van der Waals surface area contributed by atoms with E-state index in [1.807, 2.05) is 13.8 Å². The Morgan fingerprint density at radius 3 is 2.53 bits per heavy atom. The average molecular weight is 233 g/mol. The Hall–Kier alpha value is -1.02. The van der Waals surface area contributed by atoms with E-state index in [-0.39, 0.29) is 6.10 Å². The summed E-state index contributed by atoms with van der Waals surface area (Å²) in [6.45, 7) is 7.34. The summed E-state index contributed by atoms with van der Waals surface area (Å²) in [7, 11) is 0. The second-order valence-corrected chi connectivity index (χ2v) is 5.20. The molecule has 0 bridgehead atoms. The van der Waals surface area contributed by atoms with Gasteiger partial charge in [-0.25, -0.2) is 0 Å². The van der Waals surface area contributed by atoms with Gasteiger partial charge in [-0.3, -0.25) is 0 Å². The van der Waals surface area contributed by atoms with Crippen LogP contribution in [0.3, 0.4) is 0 Å². The third-order valence-electron chi connectivity index (χ3n) is 3.31. The minimum absolute atomic E-state index is 0.246. The van der Waals surface area contributed by atoms with Crippen molar-refractivity contribution in [3.63, 3.8) is 0 Å². The Morgan fingerprint density at radius 1 is 1.29 bits per heavy atom. The smallest absolute Gasteiger partial charge is 0.119 e. The summed E-state index contributed by atoms with van der Waals surface area (Å²) < 4.78 is 5.62. The summed E-state index contributed by atoms with van der Waals surface area (Å²) in [5, 5.41) is 3.59. The van der Waals surface area contributed by atoms with Gasteiger partial charge in [-0.2, -0.15) is 0 Å². The molecule has 17 heavy (non-hydrogen) atoms. The minimum atomic E-state index is 0.246. The molecule has 2 unspecified atom stereocenters. The van der Waals surface area contributed by atoms with E-state index in [2.05, 4.69) is 36.5 Å². The summed E-state index contributed by atoms with van der Waals surface area (Å²) in [5.41, 5.74) is 1.34. The van der Waals surface area contributed by atoms with Crippen molar-refractivity contribution < 1.29 is 4.74 Å². The van der Waals surface area contributed by atoms with Crippen LogP contribution >= 0.6 is 0 Å². The molecule has 0 amide bonds. The Kier molecular flexibility index (Phi) is 4.06. The van der Waals surface area contributed by atoms with Gasteiger partial charge in [-0.1, -0.05) is 25.5 Å². The highest BCUT2D eigenvalue weighted by atomic mass is 16.5. The van der Waals surface area contributed by atoms with E-state index in [9.17, 15) is 0 Å². The second-order valence-electron chi connectivity index (χ2n) is 5.20. The van der Waals surface area contributed by atoms with E-state index in [1.54, 1.807) is 0 Å². The van der Waals surface area contributed by atoms with Crippen LogP contribution in [0.4, 0.5) is 0 Å². The Labute approximate surface area is 104 Å². The van der Waals surface area contributed by atoms with E-state index >= 15 is 0 Å². The third kappa shape index (κ3) is 3.74. The molecular formula is C15H23NO. The maximum Gasteiger partial charge on any atom is 0.119 e. The van der Waals surface area contributed by atoms with Gasteiger partial charge in [0.15, 0.2) is 0 Å². The zero-order chi connectivity index (χ0) is 12.3. The molecule has 2 heteroatoms. The molecule has 0 aliphatic heterocycles. The summed E-state index contributed by atoms with van der Waals surface area (Å²) in [5.74, 6) is 1.88. The van der Waals surface area contributed by atoms with Crippen molar-refractivity contribution in [1.82, 2.24) is 5.32 Å². The number of hydrogen-bond donors (Lipinski definition) is 1. The van der Waals surface area contributed by atoms with E-state index in [0.29, 0.717) is 0 Å². The molecule has 0 saturated heterocycles. The third-order valence-corrected chi connectivity index (χ3v) is 3.31. The Bertz CT molecular complexity index is 344. The van der Waals surface area contributed by atoms with Crippen LogP contribution in [0.5, 0.6) is 5.75 Å². The molecule has 2 nitrogen and oxygen atoms in total. The van der Waals surface area contributed by atoms with Gasteiger partial charge in [0.25, 0.3) is 0 Å². The maximum atomic E-state index is 5.62. The van der Waals surface area contributed by atoms with Crippen LogP contribution in [0.2, 0.25) is 0 Å². The summed E-state index contributed by atoms with van der Waals surface area (Å²) >= 11 is 0. The molecular weight excluding hydrogens is 210 g/mol. The molecule has 1 aromatic rings. The van der Waals surface area contributed by atoms with Crippen LogP contribution in [0.25, 0.3) is 0 Å². The first-order valence-electron chi connectivity index (χ1n) is 6.68. The zero-order valence-electron chi connectivity index (χ0n) is 11.1. The molecule has 2 atom stereocenters. The van der Waals surface area contributed by atoms with Gasteiger partial charge in [-0.05, 0) is 43.9 Å². The Morgan fingerprint density at radius 2 is 2.00 bits per heavy atom. The molecule has 1 aliphatic rings. The van der Waals surface area contributed by atoms with Crippen LogP contribution in [-0.4, -0.2) is 12.1 Å². The number of ether oxygens (including phenoxy) is 1. The molecule has 1 saturated carbocycles. The average Bonchev–Trinajstić information content (AvgIpc) is 3.06. The summed E-state index contributed by atoms with van der Waals surface area (Å²) in [4.78, 5) is 0. The maximum absolute atomic E-state index is 5.62. The molecule has 0 radical (unpaired) electrons. The van der Waals surface area contributed by atoms with Crippen molar-refractivity contribution in [3.05, 3.63) is 29.8 Å². The van der Waals surface area contributed by atoms with E-state index in [0.717, 1.165) is 24.3 Å². The standard InChI is InChI=1S/C15H23NO/c1-4-13-9-15(13)16-10-12-5-7-14(8-6-12)17-11(2)3/h5-8,11,13,15-16H,4,9-10H2,1-3H3. The summed E-state index contributed by atoms with van der Waals surface area (Å²) in [6.07, 6.45) is 2.90. The van der Waals surface area contributed by atoms with Gasteiger partial charge >= 0.3 is 0 Å². The molecule has 1 aromatic carbocycles. The highest BCUT2D eigenvalue weighted by molar-refractivity contribution is 5.27. The molecule has 1 aliphatic carbocycles. The highest BCUT2D eigenvalue weighted by Crippen LogP contribution is 2.33. The van der Waals surface area contributed by atoms with Gasteiger partial charge < -0.3 is 10.1 Å². The highest BCUT2D eigenvalue weighted by Gasteiger charge is 2.34. The molecule has 94 valence electrons. The van der Waals surface area contributed by atoms with Gasteiger partial charge in [0.2, 0.25) is 0 Å². The van der Waals surface area contributed by atoms with E-state index in [4.69, 9.17) is 4.74 Å². The predicted molar refractivity (Wildman–Crippen MR) is 71.2 cm³/mol. The lowest BCUT2D eigenvalue weighted by Crippen LogP contribution is -2.17.